The number of hydrogen-bond acceptors (Lipinski definition) is 9. The number of rotatable bonds is 14. The quantitative estimate of drug-likeness (QED) is 0.275. The molecule has 1 aromatic heterocycles. The van der Waals surface area contributed by atoms with Gasteiger partial charge in [0.05, 0.1) is 31.8 Å². The smallest absolute Gasteiger partial charge is 0.286 e. The third-order valence-electron chi connectivity index (χ3n) is 6.47. The van der Waals surface area contributed by atoms with Gasteiger partial charge in [0, 0.05) is 43.8 Å². The van der Waals surface area contributed by atoms with Gasteiger partial charge in [0.2, 0.25) is 16.3 Å². The molecular weight excluding hydrogens is 556 g/mol. The van der Waals surface area contributed by atoms with E-state index < -0.39 is 16.3 Å². The lowest BCUT2D eigenvalue weighted by Gasteiger charge is -2.30. The SMILES string of the molecule is COCCNC(=O)C1=C[C@@H](c2csc3ccccc23)C[C@@H](OCCN(CCO)S(=O)(=O)c2ccc(OC)cc2)O1. The van der Waals surface area contributed by atoms with E-state index in [0.717, 1.165) is 20.0 Å². The van der Waals surface area contributed by atoms with E-state index in [1.807, 2.05) is 18.2 Å². The number of fused-ring (bicyclic) bond motifs is 1. The lowest BCUT2D eigenvalue weighted by molar-refractivity contribution is -0.146. The van der Waals surface area contributed by atoms with Gasteiger partial charge in [-0.2, -0.15) is 4.31 Å². The Morgan fingerprint density at radius 2 is 1.90 bits per heavy atom. The molecule has 3 aromatic rings. The second kappa shape index (κ2) is 14.1. The molecule has 12 heteroatoms. The van der Waals surface area contributed by atoms with Crippen LogP contribution in [0, 0.1) is 0 Å². The predicted octanol–water partition coefficient (Wildman–Crippen LogP) is 3.09. The fraction of sp³-hybridized carbons (Fsp3) is 0.393. The molecule has 0 unspecified atom stereocenters. The van der Waals surface area contributed by atoms with Crippen LogP contribution < -0.4 is 10.1 Å². The maximum Gasteiger partial charge on any atom is 0.286 e. The van der Waals surface area contributed by atoms with Crippen molar-refractivity contribution in [2.75, 3.05) is 53.7 Å². The maximum atomic E-state index is 13.2. The Kier molecular flexibility index (Phi) is 10.5. The molecule has 0 radical (unpaired) electrons. The molecule has 1 aliphatic rings. The normalized spacial score (nSPS) is 17.4. The molecule has 0 bridgehead atoms. The van der Waals surface area contributed by atoms with Crippen LogP contribution in [0.2, 0.25) is 0 Å². The Bertz CT molecular complexity index is 1410. The first kappa shape index (κ1) is 30.0. The number of sulfonamides is 1. The fourth-order valence-electron chi connectivity index (χ4n) is 4.42. The van der Waals surface area contributed by atoms with Crippen molar-refractivity contribution in [1.29, 1.82) is 0 Å². The molecule has 216 valence electrons. The van der Waals surface area contributed by atoms with Gasteiger partial charge in [-0.05, 0) is 52.7 Å². The minimum atomic E-state index is -3.89. The molecule has 0 saturated heterocycles. The second-order valence-electron chi connectivity index (χ2n) is 9.03. The van der Waals surface area contributed by atoms with E-state index in [1.54, 1.807) is 30.6 Å². The maximum absolute atomic E-state index is 13.2. The van der Waals surface area contributed by atoms with Gasteiger partial charge in [0.1, 0.15) is 5.75 Å². The van der Waals surface area contributed by atoms with E-state index >= 15 is 0 Å². The highest BCUT2D eigenvalue weighted by atomic mass is 32.2. The summed E-state index contributed by atoms with van der Waals surface area (Å²) >= 11 is 1.63. The van der Waals surface area contributed by atoms with Crippen molar-refractivity contribution in [2.24, 2.45) is 0 Å². The third-order valence-corrected chi connectivity index (χ3v) is 9.37. The van der Waals surface area contributed by atoms with Gasteiger partial charge in [-0.1, -0.05) is 18.2 Å². The molecule has 4 rings (SSSR count). The Hall–Kier alpha value is -3.00. The molecule has 0 saturated carbocycles. The van der Waals surface area contributed by atoms with E-state index in [0.29, 0.717) is 25.3 Å². The molecule has 0 aliphatic carbocycles. The van der Waals surface area contributed by atoms with Gasteiger partial charge >= 0.3 is 0 Å². The predicted molar refractivity (Wildman–Crippen MR) is 152 cm³/mol. The number of aliphatic hydroxyl groups is 1. The number of hydrogen-bond donors (Lipinski definition) is 2. The van der Waals surface area contributed by atoms with Crippen molar-refractivity contribution in [1.82, 2.24) is 9.62 Å². The summed E-state index contributed by atoms with van der Waals surface area (Å²) in [5.74, 6) is 0.160. The summed E-state index contributed by atoms with van der Waals surface area (Å²) in [4.78, 5) is 12.9. The third kappa shape index (κ3) is 7.19. The number of amides is 1. The summed E-state index contributed by atoms with van der Waals surface area (Å²) in [5.41, 5.74) is 1.07. The number of allylic oxidation sites excluding steroid dienone is 1. The van der Waals surface area contributed by atoms with Crippen molar-refractivity contribution in [2.45, 2.75) is 23.5 Å². The Labute approximate surface area is 238 Å². The monoisotopic (exact) mass is 590 g/mol. The van der Waals surface area contributed by atoms with Gasteiger partial charge in [0.25, 0.3) is 5.91 Å². The summed E-state index contributed by atoms with van der Waals surface area (Å²) in [6.07, 6.45) is 1.47. The van der Waals surface area contributed by atoms with Crippen LogP contribution in [-0.4, -0.2) is 83.7 Å². The lowest BCUT2D eigenvalue weighted by Crippen LogP contribution is -2.38. The molecule has 2 aromatic carbocycles. The van der Waals surface area contributed by atoms with Crippen LogP contribution in [0.25, 0.3) is 10.1 Å². The van der Waals surface area contributed by atoms with Gasteiger partial charge in [0.15, 0.2) is 5.76 Å². The van der Waals surface area contributed by atoms with Gasteiger partial charge in [-0.15, -0.1) is 11.3 Å². The zero-order valence-corrected chi connectivity index (χ0v) is 24.1. The van der Waals surface area contributed by atoms with E-state index in [-0.39, 0.29) is 48.8 Å². The molecule has 10 nitrogen and oxygen atoms in total. The van der Waals surface area contributed by atoms with Crippen LogP contribution in [0.4, 0.5) is 0 Å². The highest BCUT2D eigenvalue weighted by Crippen LogP contribution is 2.38. The molecule has 2 atom stereocenters. The number of carbonyl (C=O) groups excluding carboxylic acids is 1. The largest absolute Gasteiger partial charge is 0.497 e. The molecule has 2 N–H and O–H groups in total. The van der Waals surface area contributed by atoms with Gasteiger partial charge < -0.3 is 29.4 Å². The zero-order chi connectivity index (χ0) is 28.5. The number of nitrogens with one attached hydrogen (secondary N) is 1. The van der Waals surface area contributed by atoms with Crippen LogP contribution in [-0.2, 0) is 29.0 Å². The molecule has 1 aliphatic heterocycles. The minimum absolute atomic E-state index is 0.00424. The highest BCUT2D eigenvalue weighted by Gasteiger charge is 2.31. The molecule has 40 heavy (non-hydrogen) atoms. The molecule has 2 heterocycles. The van der Waals surface area contributed by atoms with Crippen molar-refractivity contribution >= 4 is 37.4 Å². The van der Waals surface area contributed by atoms with E-state index in [2.05, 4.69) is 22.8 Å². The number of methoxy groups -OCH3 is 2. The second-order valence-corrected chi connectivity index (χ2v) is 11.9. The number of thiophene rings is 1. The van der Waals surface area contributed by atoms with Crippen molar-refractivity contribution in [3.05, 3.63) is 71.3 Å². The Balaban J connectivity index is 1.48. The topological polar surface area (TPSA) is 124 Å². The molecule has 0 fully saturated rings. The van der Waals surface area contributed by atoms with Crippen LogP contribution in [0.3, 0.4) is 0 Å². The van der Waals surface area contributed by atoms with Gasteiger partial charge in [-0.3, -0.25) is 4.79 Å². The Morgan fingerprint density at radius 3 is 2.62 bits per heavy atom. The zero-order valence-electron chi connectivity index (χ0n) is 22.4. The number of aliphatic hydroxyl groups excluding tert-OH is 1. The molecule has 0 spiro atoms. The summed E-state index contributed by atoms with van der Waals surface area (Å²) in [6.45, 7) is 0.223. The fourth-order valence-corrected chi connectivity index (χ4v) is 6.86. The summed E-state index contributed by atoms with van der Waals surface area (Å²) in [7, 11) is -0.832. The average Bonchev–Trinajstić information content (AvgIpc) is 3.41. The van der Waals surface area contributed by atoms with E-state index in [9.17, 15) is 18.3 Å². The first-order valence-corrected chi connectivity index (χ1v) is 15.2. The molecular formula is C28H34N2O8S2. The summed E-state index contributed by atoms with van der Waals surface area (Å²) in [5, 5.41) is 15.5. The van der Waals surface area contributed by atoms with Crippen molar-refractivity contribution < 1.29 is 37.3 Å². The Morgan fingerprint density at radius 1 is 1.12 bits per heavy atom. The first-order chi connectivity index (χ1) is 19.4. The summed E-state index contributed by atoms with van der Waals surface area (Å²) in [6, 6.07) is 14.1. The van der Waals surface area contributed by atoms with Crippen LogP contribution >= 0.6 is 11.3 Å². The van der Waals surface area contributed by atoms with Gasteiger partial charge in [-0.25, -0.2) is 8.42 Å². The highest BCUT2D eigenvalue weighted by molar-refractivity contribution is 7.89. The average molecular weight is 591 g/mol. The van der Waals surface area contributed by atoms with Crippen LogP contribution in [0.1, 0.15) is 17.9 Å². The number of carbonyl (C=O) groups is 1. The number of ether oxygens (including phenoxy) is 4. The first-order valence-electron chi connectivity index (χ1n) is 12.9. The standard InChI is InChI=1S/C28H34N2O8S2/c1-35-15-11-29-28(32)25-17-20(24-19-39-26-6-4-3-5-23(24)26)18-27(38-25)37-16-13-30(12-14-31)40(33,34)22-9-7-21(36-2)8-10-22/h3-10,17,19-20,27,31H,11-16,18H2,1-2H3,(H,29,32)/t20-,27+/m1/s1. The summed E-state index contributed by atoms with van der Waals surface area (Å²) < 4.78 is 50.8. The lowest BCUT2D eigenvalue weighted by atomic mass is 9.92. The number of benzene rings is 2. The van der Waals surface area contributed by atoms with E-state index in [4.69, 9.17) is 18.9 Å². The van der Waals surface area contributed by atoms with Crippen molar-refractivity contribution in [3.63, 3.8) is 0 Å². The van der Waals surface area contributed by atoms with E-state index in [1.165, 1.54) is 19.2 Å². The minimum Gasteiger partial charge on any atom is -0.497 e. The van der Waals surface area contributed by atoms with Crippen molar-refractivity contribution in [3.8, 4) is 5.75 Å². The molecule has 1 amide bonds. The number of nitrogens with zero attached hydrogens (tertiary/aromatic N) is 1. The van der Waals surface area contributed by atoms with Crippen LogP contribution in [0.5, 0.6) is 5.75 Å². The van der Waals surface area contributed by atoms with Crippen LogP contribution in [0.15, 0.2) is 70.6 Å².